The second kappa shape index (κ2) is 13.5. The molecule has 1 atom stereocenters. The molecule has 2 amide bonds. The first-order valence-electron chi connectivity index (χ1n) is 13.4. The number of rotatable bonds is 8. The van der Waals surface area contributed by atoms with Gasteiger partial charge >= 0.3 is 12.4 Å². The molecule has 0 aromatic heterocycles. The standard InChI is InChI=1S/C29H33F6N3O2.ClH/c1-36-19-22(15-26(36)39)27(40)38(25-17-23(28(30,31)32)16-24(18-25)29(33,34)35)11-5-10-37-12-8-21(9-13-37)14-20-6-3-2-4-7-20;/h2-4,6-7,16-18,21-22H,5,8-15,19H2,1H3;1H. The van der Waals surface area contributed by atoms with Gasteiger partial charge in [0.15, 0.2) is 0 Å². The number of benzene rings is 2. The number of halogens is 7. The number of carbonyl (C=O) groups excluding carboxylic acids is 2. The molecule has 0 spiro atoms. The summed E-state index contributed by atoms with van der Waals surface area (Å²) in [5.41, 5.74) is -2.13. The van der Waals surface area contributed by atoms with Crippen LogP contribution in [0.4, 0.5) is 32.0 Å². The Morgan fingerprint density at radius 2 is 1.54 bits per heavy atom. The van der Waals surface area contributed by atoms with E-state index in [9.17, 15) is 35.9 Å². The van der Waals surface area contributed by atoms with Crippen molar-refractivity contribution >= 4 is 29.9 Å². The maximum atomic E-state index is 13.5. The summed E-state index contributed by atoms with van der Waals surface area (Å²) >= 11 is 0. The zero-order valence-electron chi connectivity index (χ0n) is 22.7. The first kappa shape index (κ1) is 32.7. The van der Waals surface area contributed by atoms with E-state index in [0.29, 0.717) is 31.0 Å². The highest BCUT2D eigenvalue weighted by atomic mass is 35.5. The van der Waals surface area contributed by atoms with Crippen LogP contribution in [0.3, 0.4) is 0 Å². The molecule has 41 heavy (non-hydrogen) atoms. The van der Waals surface area contributed by atoms with E-state index in [1.54, 1.807) is 0 Å². The van der Waals surface area contributed by atoms with Crippen molar-refractivity contribution < 1.29 is 35.9 Å². The molecule has 2 aliphatic rings. The minimum atomic E-state index is -5.03. The summed E-state index contributed by atoms with van der Waals surface area (Å²) in [5.74, 6) is -1.24. The minimum absolute atomic E-state index is 0. The van der Waals surface area contributed by atoms with E-state index in [1.165, 1.54) is 17.5 Å². The third kappa shape index (κ3) is 8.61. The molecule has 0 radical (unpaired) electrons. The molecule has 226 valence electrons. The summed E-state index contributed by atoms with van der Waals surface area (Å²) in [6.07, 6.45) is -6.87. The molecule has 0 aliphatic carbocycles. The number of amides is 2. The lowest BCUT2D eigenvalue weighted by molar-refractivity contribution is -0.143. The topological polar surface area (TPSA) is 43.9 Å². The lowest BCUT2D eigenvalue weighted by Gasteiger charge is -2.33. The fourth-order valence-electron chi connectivity index (χ4n) is 5.52. The zero-order chi connectivity index (χ0) is 29.1. The van der Waals surface area contributed by atoms with Gasteiger partial charge in [-0.3, -0.25) is 9.59 Å². The number of anilines is 1. The average Bonchev–Trinajstić information content (AvgIpc) is 3.24. The van der Waals surface area contributed by atoms with Gasteiger partial charge in [-0.25, -0.2) is 0 Å². The predicted molar refractivity (Wildman–Crippen MR) is 146 cm³/mol. The number of nitrogens with zero attached hydrogens (tertiary/aromatic N) is 3. The van der Waals surface area contributed by atoms with Crippen molar-refractivity contribution in [2.24, 2.45) is 11.8 Å². The molecule has 0 N–H and O–H groups in total. The Labute approximate surface area is 241 Å². The van der Waals surface area contributed by atoms with E-state index >= 15 is 0 Å². The number of carbonyl (C=O) groups is 2. The lowest BCUT2D eigenvalue weighted by Crippen LogP contribution is -2.40. The average molecular weight is 606 g/mol. The summed E-state index contributed by atoms with van der Waals surface area (Å²) in [6, 6.07) is 11.4. The van der Waals surface area contributed by atoms with Crippen molar-refractivity contribution in [3.05, 3.63) is 65.2 Å². The molecule has 4 rings (SSSR count). The van der Waals surface area contributed by atoms with Gasteiger partial charge in [0.05, 0.1) is 17.0 Å². The van der Waals surface area contributed by atoms with Gasteiger partial charge in [-0.1, -0.05) is 30.3 Å². The molecule has 0 saturated carbocycles. The molecule has 2 aromatic carbocycles. The molecule has 2 heterocycles. The molecule has 0 bridgehead atoms. The quantitative estimate of drug-likeness (QED) is 0.332. The van der Waals surface area contributed by atoms with Crippen molar-refractivity contribution in [2.75, 3.05) is 44.7 Å². The minimum Gasteiger partial charge on any atom is -0.345 e. The van der Waals surface area contributed by atoms with Gasteiger partial charge in [0, 0.05) is 32.2 Å². The molecule has 2 fully saturated rings. The summed E-state index contributed by atoms with van der Waals surface area (Å²) < 4.78 is 81.2. The Kier molecular flexibility index (Phi) is 10.7. The molecule has 5 nitrogen and oxygen atoms in total. The Bertz CT molecular complexity index is 1150. The van der Waals surface area contributed by atoms with Crippen LogP contribution in [0, 0.1) is 11.8 Å². The van der Waals surface area contributed by atoms with Crippen LogP contribution in [-0.2, 0) is 28.4 Å². The maximum Gasteiger partial charge on any atom is 0.416 e. The summed E-state index contributed by atoms with van der Waals surface area (Å²) in [4.78, 5) is 30.0. The van der Waals surface area contributed by atoms with E-state index in [1.807, 2.05) is 18.2 Å². The summed E-state index contributed by atoms with van der Waals surface area (Å²) in [6.45, 7) is 2.21. The fraction of sp³-hybridized carbons (Fsp3) is 0.517. The first-order chi connectivity index (χ1) is 18.8. The van der Waals surface area contributed by atoms with Crippen LogP contribution in [0.2, 0.25) is 0 Å². The smallest absolute Gasteiger partial charge is 0.345 e. The highest BCUT2D eigenvalue weighted by Gasteiger charge is 2.40. The number of piperidine rings is 1. The first-order valence-corrected chi connectivity index (χ1v) is 13.4. The number of alkyl halides is 6. The second-order valence-electron chi connectivity index (χ2n) is 10.8. The maximum absolute atomic E-state index is 13.5. The SMILES string of the molecule is CN1CC(C(=O)N(CCCN2CCC(Cc3ccccc3)CC2)c2cc(C(F)(F)F)cc(C(F)(F)F)c2)CC1=O.Cl. The van der Waals surface area contributed by atoms with E-state index in [2.05, 4.69) is 17.0 Å². The van der Waals surface area contributed by atoms with Crippen molar-refractivity contribution in [2.45, 2.75) is 44.5 Å². The molecule has 2 aliphatic heterocycles. The van der Waals surface area contributed by atoms with Crippen LogP contribution in [0.15, 0.2) is 48.5 Å². The van der Waals surface area contributed by atoms with Crippen molar-refractivity contribution in [3.63, 3.8) is 0 Å². The molecular formula is C29H34ClF6N3O2. The molecular weight excluding hydrogens is 572 g/mol. The monoisotopic (exact) mass is 605 g/mol. The Morgan fingerprint density at radius 1 is 0.951 bits per heavy atom. The molecule has 1 unspecified atom stereocenters. The van der Waals surface area contributed by atoms with E-state index in [-0.39, 0.29) is 43.9 Å². The lowest BCUT2D eigenvalue weighted by atomic mass is 9.90. The van der Waals surface area contributed by atoms with Crippen LogP contribution >= 0.6 is 12.4 Å². The largest absolute Gasteiger partial charge is 0.416 e. The van der Waals surface area contributed by atoms with Crippen molar-refractivity contribution in [3.8, 4) is 0 Å². The van der Waals surface area contributed by atoms with Gasteiger partial charge in [-0.15, -0.1) is 12.4 Å². The molecule has 2 aromatic rings. The zero-order valence-corrected chi connectivity index (χ0v) is 23.5. The van der Waals surface area contributed by atoms with Crippen LogP contribution in [-0.4, -0.2) is 61.4 Å². The van der Waals surface area contributed by atoms with Crippen LogP contribution in [0.5, 0.6) is 0 Å². The van der Waals surface area contributed by atoms with E-state index in [4.69, 9.17) is 0 Å². The van der Waals surface area contributed by atoms with Crippen LogP contribution < -0.4 is 4.90 Å². The van der Waals surface area contributed by atoms with Crippen LogP contribution in [0.1, 0.15) is 42.4 Å². The summed E-state index contributed by atoms with van der Waals surface area (Å²) in [5, 5.41) is 0. The Hall–Kier alpha value is -2.79. The van der Waals surface area contributed by atoms with Gasteiger partial charge < -0.3 is 14.7 Å². The third-order valence-electron chi connectivity index (χ3n) is 7.77. The highest BCUT2D eigenvalue weighted by molar-refractivity contribution is 5.99. The highest BCUT2D eigenvalue weighted by Crippen LogP contribution is 2.39. The van der Waals surface area contributed by atoms with E-state index in [0.717, 1.165) is 37.3 Å². The normalized spacial score (nSPS) is 18.9. The number of hydrogen-bond donors (Lipinski definition) is 0. The Balaban J connectivity index is 0.00000462. The number of hydrogen-bond acceptors (Lipinski definition) is 3. The number of likely N-dealkylation sites (tertiary alicyclic amines) is 2. The van der Waals surface area contributed by atoms with Gasteiger partial charge in [0.2, 0.25) is 11.8 Å². The van der Waals surface area contributed by atoms with E-state index < -0.39 is 41.0 Å². The van der Waals surface area contributed by atoms with Crippen LogP contribution in [0.25, 0.3) is 0 Å². The third-order valence-corrected chi connectivity index (χ3v) is 7.77. The Morgan fingerprint density at radius 3 is 2.05 bits per heavy atom. The molecule has 12 heteroatoms. The van der Waals surface area contributed by atoms with Gasteiger partial charge in [0.25, 0.3) is 0 Å². The molecule has 2 saturated heterocycles. The predicted octanol–water partition coefficient (Wildman–Crippen LogP) is 6.30. The van der Waals surface area contributed by atoms with Crippen molar-refractivity contribution in [1.82, 2.24) is 9.80 Å². The fourth-order valence-corrected chi connectivity index (χ4v) is 5.52. The summed E-state index contributed by atoms with van der Waals surface area (Å²) in [7, 11) is 1.51. The second-order valence-corrected chi connectivity index (χ2v) is 10.8. The van der Waals surface area contributed by atoms with Gasteiger partial charge in [-0.05, 0) is 75.0 Å². The van der Waals surface area contributed by atoms with Gasteiger partial charge in [-0.2, -0.15) is 26.3 Å². The van der Waals surface area contributed by atoms with Gasteiger partial charge in [0.1, 0.15) is 0 Å². The van der Waals surface area contributed by atoms with Crippen molar-refractivity contribution in [1.29, 1.82) is 0 Å².